The van der Waals surface area contributed by atoms with Crippen LogP contribution in [0.5, 0.6) is 0 Å². The SMILES string of the molecule is O=C1C=C[C@@H]([C@H](CC(=S)N(Cc2ccccc2)Cc2ccccc2)c2cccnc2)O1. The predicted molar refractivity (Wildman–Crippen MR) is 125 cm³/mol. The van der Waals surface area contributed by atoms with Gasteiger partial charge in [-0.3, -0.25) is 4.98 Å². The van der Waals surface area contributed by atoms with Crippen LogP contribution in [0.25, 0.3) is 0 Å². The molecule has 1 aliphatic rings. The minimum absolute atomic E-state index is 0.0852. The minimum Gasteiger partial charge on any atom is -0.454 e. The van der Waals surface area contributed by atoms with Crippen LogP contribution in [0.15, 0.2) is 97.3 Å². The van der Waals surface area contributed by atoms with Crippen molar-refractivity contribution in [1.29, 1.82) is 0 Å². The van der Waals surface area contributed by atoms with Crippen LogP contribution in [0, 0.1) is 0 Å². The quantitative estimate of drug-likeness (QED) is 0.370. The van der Waals surface area contributed by atoms with E-state index in [0.717, 1.165) is 10.6 Å². The topological polar surface area (TPSA) is 42.4 Å². The molecule has 4 nitrogen and oxygen atoms in total. The molecule has 0 saturated carbocycles. The fourth-order valence-electron chi connectivity index (χ4n) is 3.78. The normalized spacial score (nSPS) is 16.0. The van der Waals surface area contributed by atoms with E-state index in [1.54, 1.807) is 6.20 Å². The van der Waals surface area contributed by atoms with E-state index in [2.05, 4.69) is 34.1 Å². The second-order valence-electron chi connectivity index (χ2n) is 7.58. The Bertz CT molecular complexity index is 997. The highest BCUT2D eigenvalue weighted by atomic mass is 32.1. The Morgan fingerprint density at radius 3 is 2.13 bits per heavy atom. The molecule has 1 aromatic heterocycles. The summed E-state index contributed by atoms with van der Waals surface area (Å²) in [5.74, 6) is -0.395. The van der Waals surface area contributed by atoms with E-state index in [-0.39, 0.29) is 18.0 Å². The second-order valence-corrected chi connectivity index (χ2v) is 8.05. The van der Waals surface area contributed by atoms with Gasteiger partial charge in [0.2, 0.25) is 0 Å². The van der Waals surface area contributed by atoms with Crippen LogP contribution in [0.2, 0.25) is 0 Å². The molecule has 0 bridgehead atoms. The summed E-state index contributed by atoms with van der Waals surface area (Å²) in [5, 5.41) is 0. The van der Waals surface area contributed by atoms with E-state index in [9.17, 15) is 4.79 Å². The summed E-state index contributed by atoms with van der Waals surface area (Å²) in [6.07, 6.45) is 7.12. The number of carbonyl (C=O) groups excluding carboxylic acids is 1. The number of nitrogens with zero attached hydrogens (tertiary/aromatic N) is 2. The Balaban J connectivity index is 1.57. The van der Waals surface area contributed by atoms with Crippen LogP contribution in [-0.4, -0.2) is 26.9 Å². The highest BCUT2D eigenvalue weighted by molar-refractivity contribution is 7.80. The molecule has 1 aliphatic heterocycles. The van der Waals surface area contributed by atoms with Crippen LogP contribution >= 0.6 is 12.2 Å². The van der Waals surface area contributed by atoms with E-state index >= 15 is 0 Å². The molecule has 0 aliphatic carbocycles. The standard InChI is InChI=1S/C26H24N2O2S/c29-26-14-13-24(30-26)23(22-12-7-15-27-17-22)16-25(31)28(18-20-8-3-1-4-9-20)19-21-10-5-2-6-11-21/h1-15,17,23-24H,16,18-19H2/t23-,24+/m1/s1. The molecule has 31 heavy (non-hydrogen) atoms. The zero-order valence-corrected chi connectivity index (χ0v) is 17.9. The number of thiocarbonyl (C=S) groups is 1. The molecule has 0 unspecified atom stereocenters. The molecule has 0 N–H and O–H groups in total. The van der Waals surface area contributed by atoms with Crippen molar-refractivity contribution in [3.63, 3.8) is 0 Å². The van der Waals surface area contributed by atoms with Gasteiger partial charge in [0.25, 0.3) is 0 Å². The lowest BCUT2D eigenvalue weighted by atomic mass is 9.91. The van der Waals surface area contributed by atoms with E-state index in [0.29, 0.717) is 19.5 Å². The lowest BCUT2D eigenvalue weighted by Gasteiger charge is -2.30. The van der Waals surface area contributed by atoms with Crippen molar-refractivity contribution in [1.82, 2.24) is 9.88 Å². The molecule has 156 valence electrons. The van der Waals surface area contributed by atoms with Crippen molar-refractivity contribution >= 4 is 23.2 Å². The number of ether oxygens (including phenoxy) is 1. The fraction of sp³-hybridized carbons (Fsp3) is 0.192. The van der Waals surface area contributed by atoms with E-state index in [1.165, 1.54) is 17.2 Å². The van der Waals surface area contributed by atoms with Gasteiger partial charge in [-0.2, -0.15) is 0 Å². The first-order valence-corrected chi connectivity index (χ1v) is 10.7. The molecule has 2 heterocycles. The average molecular weight is 429 g/mol. The molecule has 0 spiro atoms. The molecule has 0 radical (unpaired) electrons. The van der Waals surface area contributed by atoms with Gasteiger partial charge < -0.3 is 9.64 Å². The summed E-state index contributed by atoms with van der Waals surface area (Å²) >= 11 is 5.96. The summed E-state index contributed by atoms with van der Waals surface area (Å²) in [4.78, 5) is 19.0. The third-order valence-electron chi connectivity index (χ3n) is 5.36. The maximum Gasteiger partial charge on any atom is 0.331 e. The van der Waals surface area contributed by atoms with Crippen molar-refractivity contribution in [3.8, 4) is 0 Å². The number of rotatable bonds is 8. The van der Waals surface area contributed by atoms with Gasteiger partial charge in [0.15, 0.2) is 0 Å². The highest BCUT2D eigenvalue weighted by Crippen LogP contribution is 2.30. The third kappa shape index (κ3) is 5.64. The second kappa shape index (κ2) is 10.1. The first kappa shape index (κ1) is 20.9. The molecule has 0 amide bonds. The zero-order chi connectivity index (χ0) is 21.5. The van der Waals surface area contributed by atoms with Crippen LogP contribution in [0.1, 0.15) is 29.0 Å². The molecule has 2 atom stereocenters. The number of pyridine rings is 1. The molecular formula is C26H24N2O2S. The summed E-state index contributed by atoms with van der Waals surface area (Å²) in [6, 6.07) is 24.6. The van der Waals surface area contributed by atoms with Crippen molar-refractivity contribution in [3.05, 3.63) is 114 Å². The van der Waals surface area contributed by atoms with E-state index in [4.69, 9.17) is 17.0 Å². The fourth-order valence-corrected chi connectivity index (χ4v) is 4.09. The molecule has 0 saturated heterocycles. The average Bonchev–Trinajstić information content (AvgIpc) is 3.25. The van der Waals surface area contributed by atoms with Gasteiger partial charge in [-0.1, -0.05) is 78.9 Å². The highest BCUT2D eigenvalue weighted by Gasteiger charge is 2.30. The summed E-state index contributed by atoms with van der Waals surface area (Å²) in [5.41, 5.74) is 3.41. The first-order valence-electron chi connectivity index (χ1n) is 10.3. The Morgan fingerprint density at radius 2 is 1.61 bits per heavy atom. The van der Waals surface area contributed by atoms with Crippen LogP contribution < -0.4 is 0 Å². The van der Waals surface area contributed by atoms with Crippen molar-refractivity contribution in [2.45, 2.75) is 31.5 Å². The number of hydrogen-bond donors (Lipinski definition) is 0. The van der Waals surface area contributed by atoms with Crippen molar-refractivity contribution < 1.29 is 9.53 Å². The minimum atomic E-state index is -0.343. The summed E-state index contributed by atoms with van der Waals surface area (Å²) < 4.78 is 5.54. The Hall–Kier alpha value is -3.31. The van der Waals surface area contributed by atoms with Crippen LogP contribution in [-0.2, 0) is 22.6 Å². The van der Waals surface area contributed by atoms with E-state index < -0.39 is 0 Å². The third-order valence-corrected chi connectivity index (χ3v) is 5.79. The van der Waals surface area contributed by atoms with Crippen molar-refractivity contribution in [2.75, 3.05) is 0 Å². The number of esters is 1. The lowest BCUT2D eigenvalue weighted by molar-refractivity contribution is -0.139. The molecule has 0 fully saturated rings. The molecule has 2 aromatic carbocycles. The Morgan fingerprint density at radius 1 is 0.968 bits per heavy atom. The molecule has 3 aromatic rings. The molecule has 4 rings (SSSR count). The number of cyclic esters (lactones) is 1. The summed E-state index contributed by atoms with van der Waals surface area (Å²) in [6.45, 7) is 1.43. The smallest absolute Gasteiger partial charge is 0.331 e. The van der Waals surface area contributed by atoms with Gasteiger partial charge in [0.05, 0.1) is 4.99 Å². The maximum absolute atomic E-state index is 11.7. The first-order chi connectivity index (χ1) is 15.2. The van der Waals surface area contributed by atoms with Gasteiger partial charge in [-0.05, 0) is 28.8 Å². The number of carbonyl (C=O) groups is 1. The molecule has 5 heteroatoms. The van der Waals surface area contributed by atoms with Gasteiger partial charge in [0, 0.05) is 43.9 Å². The number of hydrogen-bond acceptors (Lipinski definition) is 4. The lowest BCUT2D eigenvalue weighted by Crippen LogP contribution is -2.32. The largest absolute Gasteiger partial charge is 0.454 e. The number of aromatic nitrogens is 1. The zero-order valence-electron chi connectivity index (χ0n) is 17.1. The predicted octanol–water partition coefficient (Wildman–Crippen LogP) is 5.07. The van der Waals surface area contributed by atoms with E-state index in [1.807, 2.05) is 60.8 Å². The van der Waals surface area contributed by atoms with Crippen LogP contribution in [0.4, 0.5) is 0 Å². The van der Waals surface area contributed by atoms with Gasteiger partial charge in [0.1, 0.15) is 6.10 Å². The monoisotopic (exact) mass is 428 g/mol. The maximum atomic E-state index is 11.7. The molecular weight excluding hydrogens is 404 g/mol. The number of benzene rings is 2. The van der Waals surface area contributed by atoms with Gasteiger partial charge in [-0.15, -0.1) is 0 Å². The van der Waals surface area contributed by atoms with Gasteiger partial charge >= 0.3 is 5.97 Å². The van der Waals surface area contributed by atoms with Crippen LogP contribution in [0.3, 0.4) is 0 Å². The summed E-state index contributed by atoms with van der Waals surface area (Å²) in [7, 11) is 0. The van der Waals surface area contributed by atoms with Gasteiger partial charge in [-0.25, -0.2) is 4.79 Å². The Labute approximate surface area is 188 Å². The Kier molecular flexibility index (Phi) is 6.85. The van der Waals surface area contributed by atoms with Crippen molar-refractivity contribution in [2.24, 2.45) is 0 Å².